The first-order valence-corrected chi connectivity index (χ1v) is 8.10. The Morgan fingerprint density at radius 2 is 2.38 bits per heavy atom. The van der Waals surface area contributed by atoms with Crippen LogP contribution >= 0.6 is 12.2 Å². The standard InChI is InChI=1S/C16H16N4O3S/c1-2-6-19-14(10-4-3-5-17-8-10)18-20(16(19)24)11-7-12(21)15-22-9-13(11)23-15/h2-5,8,11,13,15H,1,6-7,9H2/t11-,13-,15-/m0/s1. The predicted molar refractivity (Wildman–Crippen MR) is 87.8 cm³/mol. The number of carbonyl (C=O) groups is 1. The number of nitrogens with zero attached hydrogens (tertiary/aromatic N) is 4. The fraction of sp³-hybridized carbons (Fsp3) is 0.375. The van der Waals surface area contributed by atoms with Crippen LogP contribution in [0.2, 0.25) is 0 Å². The van der Waals surface area contributed by atoms with Crippen molar-refractivity contribution in [3.8, 4) is 11.4 Å². The van der Waals surface area contributed by atoms with Gasteiger partial charge in [-0.05, 0) is 24.4 Å². The number of hydrogen-bond donors (Lipinski definition) is 0. The van der Waals surface area contributed by atoms with E-state index >= 15 is 0 Å². The minimum Gasteiger partial charge on any atom is -0.343 e. The molecule has 3 atom stereocenters. The van der Waals surface area contributed by atoms with Gasteiger partial charge in [0.15, 0.2) is 16.4 Å². The van der Waals surface area contributed by atoms with Crippen molar-refractivity contribution in [2.75, 3.05) is 6.61 Å². The highest BCUT2D eigenvalue weighted by Crippen LogP contribution is 2.33. The van der Waals surface area contributed by atoms with Crippen LogP contribution in [0, 0.1) is 4.77 Å². The number of rotatable bonds is 4. The second kappa shape index (κ2) is 6.04. The Bertz CT molecular complexity index is 845. The average molecular weight is 344 g/mol. The molecule has 0 aromatic carbocycles. The van der Waals surface area contributed by atoms with E-state index in [-0.39, 0.29) is 17.9 Å². The van der Waals surface area contributed by atoms with E-state index in [0.29, 0.717) is 30.2 Å². The zero-order valence-corrected chi connectivity index (χ0v) is 13.7. The van der Waals surface area contributed by atoms with Crippen LogP contribution in [0.25, 0.3) is 11.4 Å². The van der Waals surface area contributed by atoms with E-state index in [4.69, 9.17) is 21.7 Å². The first-order valence-electron chi connectivity index (χ1n) is 7.69. The molecule has 0 amide bonds. The highest BCUT2D eigenvalue weighted by atomic mass is 32.1. The molecule has 2 aromatic rings. The van der Waals surface area contributed by atoms with Crippen LogP contribution in [0.4, 0.5) is 0 Å². The van der Waals surface area contributed by atoms with E-state index in [9.17, 15) is 4.79 Å². The van der Waals surface area contributed by atoms with Crippen molar-refractivity contribution in [1.82, 2.24) is 19.3 Å². The van der Waals surface area contributed by atoms with Gasteiger partial charge in [-0.3, -0.25) is 14.3 Å². The molecule has 7 nitrogen and oxygen atoms in total. The molecule has 2 aromatic heterocycles. The molecule has 2 saturated heterocycles. The van der Waals surface area contributed by atoms with Crippen molar-refractivity contribution in [3.05, 3.63) is 42.0 Å². The molecule has 0 saturated carbocycles. The number of allylic oxidation sites excluding steroid dienone is 1. The van der Waals surface area contributed by atoms with Gasteiger partial charge in [-0.25, -0.2) is 4.68 Å². The number of Topliss-reactive ketones (excluding diaryl/α,β-unsaturated/α-hetero) is 1. The molecule has 124 valence electrons. The molecule has 0 spiro atoms. The van der Waals surface area contributed by atoms with Gasteiger partial charge in [0.2, 0.25) is 6.29 Å². The maximum atomic E-state index is 12.1. The topological polar surface area (TPSA) is 71.2 Å². The van der Waals surface area contributed by atoms with Crippen LogP contribution in [-0.2, 0) is 20.8 Å². The molecule has 2 aliphatic heterocycles. The fourth-order valence-corrected chi connectivity index (χ4v) is 3.44. The third-order valence-electron chi connectivity index (χ3n) is 4.24. The summed E-state index contributed by atoms with van der Waals surface area (Å²) in [6.07, 6.45) is 4.57. The summed E-state index contributed by atoms with van der Waals surface area (Å²) in [6, 6.07) is 3.51. The average Bonchev–Trinajstić information content (AvgIpc) is 3.17. The number of ketones is 1. The van der Waals surface area contributed by atoms with Gasteiger partial charge in [0.1, 0.15) is 6.10 Å². The second-order valence-electron chi connectivity index (χ2n) is 5.77. The molecule has 24 heavy (non-hydrogen) atoms. The summed E-state index contributed by atoms with van der Waals surface area (Å²) in [5, 5.41) is 4.67. The van der Waals surface area contributed by atoms with Gasteiger partial charge in [-0.2, -0.15) is 5.10 Å². The van der Waals surface area contributed by atoms with Gasteiger partial charge in [0, 0.05) is 30.9 Å². The van der Waals surface area contributed by atoms with Gasteiger partial charge in [-0.15, -0.1) is 6.58 Å². The lowest BCUT2D eigenvalue weighted by atomic mass is 10.0. The molecule has 8 heteroatoms. The normalized spacial score (nSPS) is 25.8. The summed E-state index contributed by atoms with van der Waals surface area (Å²) in [6.45, 7) is 4.68. The number of carbonyl (C=O) groups excluding carboxylic acids is 1. The monoisotopic (exact) mass is 344 g/mol. The Morgan fingerprint density at radius 3 is 3.12 bits per heavy atom. The Morgan fingerprint density at radius 1 is 1.50 bits per heavy atom. The number of pyridine rings is 1. The minimum absolute atomic E-state index is 0.0724. The maximum absolute atomic E-state index is 12.1. The Hall–Kier alpha value is -2.16. The molecule has 0 N–H and O–H groups in total. The number of fused-ring (bicyclic) bond motifs is 2. The smallest absolute Gasteiger partial charge is 0.218 e. The highest BCUT2D eigenvalue weighted by molar-refractivity contribution is 7.71. The number of hydrogen-bond acceptors (Lipinski definition) is 6. The third-order valence-corrected chi connectivity index (χ3v) is 4.65. The van der Waals surface area contributed by atoms with Gasteiger partial charge in [0.05, 0.1) is 12.6 Å². The number of ether oxygens (including phenoxy) is 2. The van der Waals surface area contributed by atoms with Gasteiger partial charge in [0.25, 0.3) is 0 Å². The van der Waals surface area contributed by atoms with Gasteiger partial charge >= 0.3 is 0 Å². The lowest BCUT2D eigenvalue weighted by molar-refractivity contribution is -0.156. The zero-order chi connectivity index (χ0) is 16.7. The Kier molecular flexibility index (Phi) is 3.87. The molecule has 4 heterocycles. The van der Waals surface area contributed by atoms with Crippen LogP contribution < -0.4 is 0 Å². The minimum atomic E-state index is -0.728. The molecule has 0 unspecified atom stereocenters. The summed E-state index contributed by atoms with van der Waals surface area (Å²) in [5.74, 6) is 0.623. The summed E-state index contributed by atoms with van der Waals surface area (Å²) < 4.78 is 15.1. The van der Waals surface area contributed by atoms with Crippen LogP contribution in [0.15, 0.2) is 37.2 Å². The van der Waals surface area contributed by atoms with Crippen LogP contribution in [-0.4, -0.2) is 44.1 Å². The molecule has 2 aliphatic rings. The van der Waals surface area contributed by atoms with Crippen molar-refractivity contribution in [2.24, 2.45) is 0 Å². The van der Waals surface area contributed by atoms with E-state index in [2.05, 4.69) is 16.7 Å². The second-order valence-corrected chi connectivity index (χ2v) is 6.13. The Balaban J connectivity index is 1.81. The third kappa shape index (κ3) is 2.43. The first kappa shape index (κ1) is 15.4. The fourth-order valence-electron chi connectivity index (χ4n) is 3.10. The first-order chi connectivity index (χ1) is 11.7. The Labute approximate surface area is 143 Å². The largest absolute Gasteiger partial charge is 0.343 e. The quantitative estimate of drug-likeness (QED) is 0.623. The molecule has 2 bridgehead atoms. The van der Waals surface area contributed by atoms with E-state index < -0.39 is 6.29 Å². The zero-order valence-electron chi connectivity index (χ0n) is 12.9. The van der Waals surface area contributed by atoms with E-state index in [1.54, 1.807) is 23.2 Å². The lowest BCUT2D eigenvalue weighted by Gasteiger charge is -2.26. The summed E-state index contributed by atoms with van der Waals surface area (Å²) in [4.78, 5) is 16.2. The SMILES string of the molecule is C=CCn1c(-c2cccnc2)nn([C@H]2CC(=O)[C@H]3OC[C@@H]2O3)c1=S. The summed E-state index contributed by atoms with van der Waals surface area (Å²) >= 11 is 5.60. The highest BCUT2D eigenvalue weighted by Gasteiger charge is 2.45. The van der Waals surface area contributed by atoms with Crippen LogP contribution in [0.1, 0.15) is 12.5 Å². The van der Waals surface area contributed by atoms with Gasteiger partial charge < -0.3 is 9.47 Å². The molecular formula is C16H16N4O3S. The lowest BCUT2D eigenvalue weighted by Crippen LogP contribution is -2.37. The van der Waals surface area contributed by atoms with Crippen molar-refractivity contribution in [3.63, 3.8) is 0 Å². The molecular weight excluding hydrogens is 328 g/mol. The van der Waals surface area contributed by atoms with Crippen molar-refractivity contribution in [1.29, 1.82) is 0 Å². The van der Waals surface area contributed by atoms with Crippen molar-refractivity contribution >= 4 is 18.0 Å². The molecule has 0 aliphatic carbocycles. The van der Waals surface area contributed by atoms with E-state index in [0.717, 1.165) is 5.56 Å². The summed E-state index contributed by atoms with van der Waals surface area (Å²) in [7, 11) is 0. The predicted octanol–water partition coefficient (Wildman–Crippen LogP) is 1.92. The van der Waals surface area contributed by atoms with Crippen LogP contribution in [0.3, 0.4) is 0 Å². The number of aromatic nitrogens is 4. The van der Waals surface area contributed by atoms with Crippen molar-refractivity contribution < 1.29 is 14.3 Å². The van der Waals surface area contributed by atoms with E-state index in [1.165, 1.54) is 0 Å². The van der Waals surface area contributed by atoms with Gasteiger partial charge in [-0.1, -0.05) is 6.08 Å². The molecule has 4 rings (SSSR count). The molecule has 0 radical (unpaired) electrons. The summed E-state index contributed by atoms with van der Waals surface area (Å²) in [5.41, 5.74) is 0.854. The van der Waals surface area contributed by atoms with Crippen LogP contribution in [0.5, 0.6) is 0 Å². The maximum Gasteiger partial charge on any atom is 0.218 e. The van der Waals surface area contributed by atoms with Crippen molar-refractivity contribution in [2.45, 2.75) is 31.4 Å². The van der Waals surface area contributed by atoms with E-state index in [1.807, 2.05) is 16.7 Å². The molecule has 2 fully saturated rings.